The van der Waals surface area contributed by atoms with Gasteiger partial charge in [-0.1, -0.05) is 17.7 Å². The van der Waals surface area contributed by atoms with Gasteiger partial charge in [-0.05, 0) is 36.6 Å². The maximum Gasteiger partial charge on any atom is 0.417 e. The number of nitrogens with zero attached hydrogens (tertiary/aromatic N) is 3. The zero-order valence-corrected chi connectivity index (χ0v) is 17.4. The van der Waals surface area contributed by atoms with Gasteiger partial charge in [0.25, 0.3) is 0 Å². The standard InChI is InChI=1S/C21H21ClF3N3O3/c22-16-11-15(21(23,24)25)12-26-20(16)28-7-1-6-27(8-9-28)19(29)5-3-14-2-4-17-18(10-14)31-13-30-17/h2,4,10-12H,1,3,5-9,13H2. The largest absolute Gasteiger partial charge is 0.454 e. The van der Waals surface area contributed by atoms with Crippen molar-refractivity contribution in [2.24, 2.45) is 0 Å². The molecule has 2 aliphatic heterocycles. The number of halogens is 4. The van der Waals surface area contributed by atoms with Crippen LogP contribution in [0.1, 0.15) is 24.0 Å². The summed E-state index contributed by atoms with van der Waals surface area (Å²) in [5.74, 6) is 1.74. The summed E-state index contributed by atoms with van der Waals surface area (Å²) in [6.45, 7) is 2.26. The molecule has 2 aromatic rings. The van der Waals surface area contributed by atoms with Gasteiger partial charge in [0.15, 0.2) is 11.5 Å². The normalized spacial score (nSPS) is 16.4. The highest BCUT2D eigenvalue weighted by Gasteiger charge is 2.32. The minimum Gasteiger partial charge on any atom is -0.454 e. The van der Waals surface area contributed by atoms with Gasteiger partial charge >= 0.3 is 6.18 Å². The Morgan fingerprint density at radius 3 is 2.68 bits per heavy atom. The number of aryl methyl sites for hydroxylation is 1. The van der Waals surface area contributed by atoms with E-state index in [9.17, 15) is 18.0 Å². The minimum absolute atomic E-state index is 0.0333. The van der Waals surface area contributed by atoms with E-state index in [0.29, 0.717) is 62.8 Å². The number of anilines is 1. The maximum atomic E-state index is 12.8. The molecule has 0 unspecified atom stereocenters. The molecule has 0 bridgehead atoms. The lowest BCUT2D eigenvalue weighted by molar-refractivity contribution is -0.137. The summed E-state index contributed by atoms with van der Waals surface area (Å²) in [4.78, 5) is 20.3. The van der Waals surface area contributed by atoms with Gasteiger partial charge in [-0.2, -0.15) is 13.2 Å². The van der Waals surface area contributed by atoms with E-state index in [0.717, 1.165) is 17.8 Å². The zero-order chi connectivity index (χ0) is 22.0. The lowest BCUT2D eigenvalue weighted by Gasteiger charge is -2.24. The number of hydrogen-bond donors (Lipinski definition) is 0. The highest BCUT2D eigenvalue weighted by atomic mass is 35.5. The zero-order valence-electron chi connectivity index (χ0n) is 16.6. The Bertz CT molecular complexity index is 971. The molecule has 0 atom stereocenters. The van der Waals surface area contributed by atoms with Crippen LogP contribution in [0.4, 0.5) is 19.0 Å². The van der Waals surface area contributed by atoms with E-state index >= 15 is 0 Å². The third kappa shape index (κ3) is 4.98. The Morgan fingerprint density at radius 1 is 1.10 bits per heavy atom. The average Bonchev–Trinajstić information content (AvgIpc) is 3.06. The lowest BCUT2D eigenvalue weighted by atomic mass is 10.1. The molecule has 1 aromatic carbocycles. The van der Waals surface area contributed by atoms with Gasteiger partial charge in [0.05, 0.1) is 10.6 Å². The number of benzene rings is 1. The van der Waals surface area contributed by atoms with Crippen LogP contribution >= 0.6 is 11.6 Å². The second kappa shape index (κ2) is 8.82. The van der Waals surface area contributed by atoms with Gasteiger partial charge in [0.1, 0.15) is 5.82 Å². The van der Waals surface area contributed by atoms with Crippen LogP contribution in [0.2, 0.25) is 5.02 Å². The van der Waals surface area contributed by atoms with E-state index in [1.165, 1.54) is 0 Å². The summed E-state index contributed by atoms with van der Waals surface area (Å²) >= 11 is 6.07. The van der Waals surface area contributed by atoms with Crippen molar-refractivity contribution in [3.63, 3.8) is 0 Å². The van der Waals surface area contributed by atoms with E-state index in [1.807, 2.05) is 23.1 Å². The molecule has 2 aliphatic rings. The predicted molar refractivity (Wildman–Crippen MR) is 109 cm³/mol. The molecule has 1 fully saturated rings. The molecule has 0 N–H and O–H groups in total. The Hall–Kier alpha value is -2.68. The Kier molecular flexibility index (Phi) is 6.13. The number of alkyl halides is 3. The second-order valence-corrected chi connectivity index (χ2v) is 7.84. The summed E-state index contributed by atoms with van der Waals surface area (Å²) < 4.78 is 49.2. The van der Waals surface area contributed by atoms with E-state index in [-0.39, 0.29) is 17.7 Å². The Labute approximate surface area is 182 Å². The molecule has 1 amide bonds. The summed E-state index contributed by atoms with van der Waals surface area (Å²) in [6.07, 6.45) is -2.08. The van der Waals surface area contributed by atoms with E-state index in [1.54, 1.807) is 4.90 Å². The van der Waals surface area contributed by atoms with Crippen molar-refractivity contribution in [3.05, 3.63) is 46.6 Å². The number of carbonyl (C=O) groups excluding carboxylic acids is 1. The van der Waals surface area contributed by atoms with Crippen molar-refractivity contribution >= 4 is 23.3 Å². The number of amides is 1. The van der Waals surface area contributed by atoms with Crippen molar-refractivity contribution < 1.29 is 27.4 Å². The summed E-state index contributed by atoms with van der Waals surface area (Å²) in [5.41, 5.74) is 0.117. The van der Waals surface area contributed by atoms with Crippen LogP contribution in [-0.2, 0) is 17.4 Å². The van der Waals surface area contributed by atoms with Crippen LogP contribution in [0.15, 0.2) is 30.5 Å². The number of ether oxygens (including phenoxy) is 2. The van der Waals surface area contributed by atoms with Crippen LogP contribution in [0, 0.1) is 0 Å². The molecule has 0 saturated carbocycles. The first-order valence-electron chi connectivity index (χ1n) is 9.95. The minimum atomic E-state index is -4.49. The molecule has 0 radical (unpaired) electrons. The van der Waals surface area contributed by atoms with Crippen molar-refractivity contribution in [2.75, 3.05) is 37.9 Å². The highest BCUT2D eigenvalue weighted by molar-refractivity contribution is 6.33. The van der Waals surface area contributed by atoms with Crippen molar-refractivity contribution in [1.29, 1.82) is 0 Å². The van der Waals surface area contributed by atoms with E-state index in [4.69, 9.17) is 21.1 Å². The van der Waals surface area contributed by atoms with Gasteiger partial charge in [0, 0.05) is 38.8 Å². The van der Waals surface area contributed by atoms with Crippen LogP contribution in [0.3, 0.4) is 0 Å². The Morgan fingerprint density at radius 2 is 1.90 bits per heavy atom. The fraction of sp³-hybridized carbons (Fsp3) is 0.429. The van der Waals surface area contributed by atoms with Crippen molar-refractivity contribution in [1.82, 2.24) is 9.88 Å². The van der Waals surface area contributed by atoms with Gasteiger partial charge in [-0.15, -0.1) is 0 Å². The van der Waals surface area contributed by atoms with Gasteiger partial charge < -0.3 is 19.3 Å². The Balaban J connectivity index is 1.34. The molecule has 31 heavy (non-hydrogen) atoms. The second-order valence-electron chi connectivity index (χ2n) is 7.44. The van der Waals surface area contributed by atoms with Crippen molar-refractivity contribution in [3.8, 4) is 11.5 Å². The average molecular weight is 456 g/mol. The van der Waals surface area contributed by atoms with Crippen LogP contribution < -0.4 is 14.4 Å². The molecule has 3 heterocycles. The lowest BCUT2D eigenvalue weighted by Crippen LogP contribution is -2.35. The molecule has 4 rings (SSSR count). The number of hydrogen-bond acceptors (Lipinski definition) is 5. The maximum absolute atomic E-state index is 12.8. The van der Waals surface area contributed by atoms with Crippen LogP contribution in [-0.4, -0.2) is 48.8 Å². The quantitative estimate of drug-likeness (QED) is 0.693. The van der Waals surface area contributed by atoms with Crippen LogP contribution in [0.5, 0.6) is 11.5 Å². The monoisotopic (exact) mass is 455 g/mol. The third-order valence-corrected chi connectivity index (χ3v) is 5.64. The van der Waals surface area contributed by atoms with E-state index < -0.39 is 11.7 Å². The topological polar surface area (TPSA) is 54.9 Å². The summed E-state index contributed by atoms with van der Waals surface area (Å²) in [7, 11) is 0. The summed E-state index contributed by atoms with van der Waals surface area (Å²) in [5, 5.41) is -0.0441. The van der Waals surface area contributed by atoms with E-state index in [2.05, 4.69) is 4.98 Å². The number of carbonyl (C=O) groups is 1. The number of pyridine rings is 1. The third-order valence-electron chi connectivity index (χ3n) is 5.36. The number of rotatable bonds is 4. The van der Waals surface area contributed by atoms with Gasteiger partial charge in [-0.3, -0.25) is 4.79 Å². The van der Waals surface area contributed by atoms with Gasteiger partial charge in [0.2, 0.25) is 12.7 Å². The molecular formula is C21H21ClF3N3O3. The predicted octanol–water partition coefficient (Wildman–Crippen LogP) is 4.15. The smallest absolute Gasteiger partial charge is 0.417 e. The first-order chi connectivity index (χ1) is 14.8. The molecule has 10 heteroatoms. The van der Waals surface area contributed by atoms with Crippen LogP contribution in [0.25, 0.3) is 0 Å². The molecule has 1 aromatic heterocycles. The molecular weight excluding hydrogens is 435 g/mol. The molecule has 166 valence electrons. The summed E-state index contributed by atoms with van der Waals surface area (Å²) in [6, 6.07) is 6.54. The SMILES string of the molecule is O=C(CCc1ccc2c(c1)OCO2)N1CCCN(c2ncc(C(F)(F)F)cc2Cl)CC1. The molecule has 0 aliphatic carbocycles. The van der Waals surface area contributed by atoms with Crippen molar-refractivity contribution in [2.45, 2.75) is 25.4 Å². The molecule has 6 nitrogen and oxygen atoms in total. The van der Waals surface area contributed by atoms with Gasteiger partial charge in [-0.25, -0.2) is 4.98 Å². The molecule has 0 spiro atoms. The number of fused-ring (bicyclic) bond motifs is 1. The first kappa shape index (κ1) is 21.5. The molecule has 1 saturated heterocycles. The highest BCUT2D eigenvalue weighted by Crippen LogP contribution is 2.34. The fourth-order valence-corrected chi connectivity index (χ4v) is 3.99. The number of aromatic nitrogens is 1. The fourth-order valence-electron chi connectivity index (χ4n) is 3.70. The first-order valence-corrected chi connectivity index (χ1v) is 10.3.